The SMILES string of the molecule is O=C(Nc1ccccc1C(F)(F)F)c1ccc2oc3ccccc3c2c1. The molecule has 4 rings (SSSR count). The number of furan rings is 1. The van der Waals surface area contributed by atoms with Crippen LogP contribution in [0.5, 0.6) is 0 Å². The van der Waals surface area contributed by atoms with E-state index in [4.69, 9.17) is 4.42 Å². The molecule has 0 spiro atoms. The smallest absolute Gasteiger partial charge is 0.418 e. The summed E-state index contributed by atoms with van der Waals surface area (Å²) < 4.78 is 44.9. The number of carbonyl (C=O) groups excluding carboxylic acids is 1. The van der Waals surface area contributed by atoms with Crippen LogP contribution < -0.4 is 5.32 Å². The first kappa shape index (κ1) is 16.2. The third-order valence-corrected chi connectivity index (χ3v) is 4.12. The molecule has 1 aromatic heterocycles. The Kier molecular flexibility index (Phi) is 3.68. The zero-order valence-electron chi connectivity index (χ0n) is 13.3. The average Bonchev–Trinajstić information content (AvgIpc) is 2.99. The van der Waals surface area contributed by atoms with Crippen LogP contribution in [0.4, 0.5) is 18.9 Å². The molecule has 0 unspecified atom stereocenters. The molecular formula is C20H12F3NO2. The van der Waals surface area contributed by atoms with Crippen molar-refractivity contribution in [3.05, 3.63) is 77.9 Å². The minimum absolute atomic E-state index is 0.251. The number of para-hydroxylation sites is 2. The first-order valence-electron chi connectivity index (χ1n) is 7.82. The van der Waals surface area contributed by atoms with E-state index in [1.165, 1.54) is 24.3 Å². The average molecular weight is 355 g/mol. The Balaban J connectivity index is 1.72. The maximum atomic E-state index is 13.1. The number of hydrogen-bond acceptors (Lipinski definition) is 2. The lowest BCUT2D eigenvalue weighted by Crippen LogP contribution is -2.16. The number of amides is 1. The highest BCUT2D eigenvalue weighted by Gasteiger charge is 2.33. The third-order valence-electron chi connectivity index (χ3n) is 4.12. The van der Waals surface area contributed by atoms with E-state index in [2.05, 4.69) is 5.32 Å². The van der Waals surface area contributed by atoms with E-state index in [-0.39, 0.29) is 11.3 Å². The molecule has 3 aromatic carbocycles. The van der Waals surface area contributed by atoms with Crippen LogP contribution in [0.3, 0.4) is 0 Å². The van der Waals surface area contributed by atoms with Gasteiger partial charge in [0.15, 0.2) is 0 Å². The third kappa shape index (κ3) is 2.79. The van der Waals surface area contributed by atoms with Gasteiger partial charge in [-0.3, -0.25) is 4.79 Å². The van der Waals surface area contributed by atoms with Gasteiger partial charge in [-0.1, -0.05) is 30.3 Å². The van der Waals surface area contributed by atoms with E-state index < -0.39 is 17.6 Å². The molecular weight excluding hydrogens is 343 g/mol. The molecule has 4 aromatic rings. The van der Waals surface area contributed by atoms with Gasteiger partial charge in [0.25, 0.3) is 5.91 Å². The van der Waals surface area contributed by atoms with Crippen molar-refractivity contribution < 1.29 is 22.4 Å². The Morgan fingerprint density at radius 3 is 2.35 bits per heavy atom. The number of alkyl halides is 3. The lowest BCUT2D eigenvalue weighted by molar-refractivity contribution is -0.136. The molecule has 6 heteroatoms. The summed E-state index contributed by atoms with van der Waals surface area (Å²) in [5.41, 5.74) is 0.382. The Labute approximate surface area is 146 Å². The van der Waals surface area contributed by atoms with Gasteiger partial charge in [-0.05, 0) is 36.4 Å². The zero-order valence-corrected chi connectivity index (χ0v) is 13.3. The minimum Gasteiger partial charge on any atom is -0.456 e. The van der Waals surface area contributed by atoms with Gasteiger partial charge in [0, 0.05) is 16.3 Å². The molecule has 1 heterocycles. The largest absolute Gasteiger partial charge is 0.456 e. The van der Waals surface area contributed by atoms with Crippen LogP contribution in [0.2, 0.25) is 0 Å². The van der Waals surface area contributed by atoms with Crippen molar-refractivity contribution in [3.63, 3.8) is 0 Å². The lowest BCUT2D eigenvalue weighted by atomic mass is 10.1. The summed E-state index contributed by atoms with van der Waals surface area (Å²) in [6.45, 7) is 0. The van der Waals surface area contributed by atoms with Gasteiger partial charge in [-0.25, -0.2) is 0 Å². The van der Waals surface area contributed by atoms with Crippen molar-refractivity contribution >= 4 is 33.5 Å². The van der Waals surface area contributed by atoms with Gasteiger partial charge in [-0.15, -0.1) is 0 Å². The van der Waals surface area contributed by atoms with E-state index in [0.717, 1.165) is 16.8 Å². The molecule has 0 saturated heterocycles. The summed E-state index contributed by atoms with van der Waals surface area (Å²) >= 11 is 0. The number of nitrogens with one attached hydrogen (secondary N) is 1. The summed E-state index contributed by atoms with van der Waals surface area (Å²) in [4.78, 5) is 12.5. The summed E-state index contributed by atoms with van der Waals surface area (Å²) in [6, 6.07) is 17.0. The molecule has 3 nitrogen and oxygen atoms in total. The van der Waals surface area contributed by atoms with Crippen LogP contribution in [-0.2, 0) is 6.18 Å². The highest BCUT2D eigenvalue weighted by Crippen LogP contribution is 2.35. The molecule has 0 fully saturated rings. The quantitative estimate of drug-likeness (QED) is 0.489. The van der Waals surface area contributed by atoms with Crippen LogP contribution in [0.15, 0.2) is 71.1 Å². The van der Waals surface area contributed by atoms with Gasteiger partial charge in [0.05, 0.1) is 11.3 Å². The Bertz CT molecular complexity index is 1130. The van der Waals surface area contributed by atoms with Crippen molar-refractivity contribution in [2.45, 2.75) is 6.18 Å². The molecule has 0 atom stereocenters. The zero-order chi connectivity index (χ0) is 18.3. The molecule has 0 aliphatic rings. The summed E-state index contributed by atoms with van der Waals surface area (Å²) in [5.74, 6) is -0.617. The van der Waals surface area contributed by atoms with Gasteiger partial charge in [0.1, 0.15) is 11.2 Å². The van der Waals surface area contributed by atoms with E-state index in [9.17, 15) is 18.0 Å². The first-order chi connectivity index (χ1) is 12.4. The normalized spacial score (nSPS) is 11.8. The predicted octanol–water partition coefficient (Wildman–Crippen LogP) is 5.86. The van der Waals surface area contributed by atoms with Crippen molar-refractivity contribution in [1.29, 1.82) is 0 Å². The number of benzene rings is 3. The Morgan fingerprint density at radius 2 is 1.54 bits per heavy atom. The maximum absolute atomic E-state index is 13.1. The number of halogens is 3. The van der Waals surface area contributed by atoms with Crippen molar-refractivity contribution in [3.8, 4) is 0 Å². The molecule has 1 N–H and O–H groups in total. The molecule has 0 bridgehead atoms. The topological polar surface area (TPSA) is 42.2 Å². The van der Waals surface area contributed by atoms with Gasteiger partial charge in [-0.2, -0.15) is 13.2 Å². The Morgan fingerprint density at radius 1 is 0.846 bits per heavy atom. The molecule has 0 aliphatic heterocycles. The summed E-state index contributed by atoms with van der Waals surface area (Å²) in [5, 5.41) is 3.92. The fourth-order valence-electron chi connectivity index (χ4n) is 2.90. The minimum atomic E-state index is -4.55. The second-order valence-electron chi connectivity index (χ2n) is 5.81. The van der Waals surface area contributed by atoms with Gasteiger partial charge in [0.2, 0.25) is 0 Å². The van der Waals surface area contributed by atoms with Crippen LogP contribution in [0.25, 0.3) is 21.9 Å². The highest BCUT2D eigenvalue weighted by molar-refractivity contribution is 6.11. The summed E-state index contributed by atoms with van der Waals surface area (Å²) in [7, 11) is 0. The second kappa shape index (κ2) is 5.91. The molecule has 0 aliphatic carbocycles. The molecule has 0 radical (unpaired) electrons. The van der Waals surface area contributed by atoms with E-state index in [1.54, 1.807) is 12.1 Å². The van der Waals surface area contributed by atoms with Gasteiger partial charge >= 0.3 is 6.18 Å². The predicted molar refractivity (Wildman–Crippen MR) is 93.1 cm³/mol. The van der Waals surface area contributed by atoms with E-state index in [1.807, 2.05) is 24.3 Å². The van der Waals surface area contributed by atoms with E-state index in [0.29, 0.717) is 11.2 Å². The van der Waals surface area contributed by atoms with Crippen LogP contribution in [0.1, 0.15) is 15.9 Å². The Hall–Kier alpha value is -3.28. The number of anilines is 1. The number of fused-ring (bicyclic) bond motifs is 3. The van der Waals surface area contributed by atoms with Crippen LogP contribution in [0, 0.1) is 0 Å². The number of hydrogen-bond donors (Lipinski definition) is 1. The molecule has 130 valence electrons. The number of rotatable bonds is 2. The van der Waals surface area contributed by atoms with E-state index >= 15 is 0 Å². The highest BCUT2D eigenvalue weighted by atomic mass is 19.4. The fourth-order valence-corrected chi connectivity index (χ4v) is 2.90. The van der Waals surface area contributed by atoms with Gasteiger partial charge < -0.3 is 9.73 Å². The molecule has 0 saturated carbocycles. The van der Waals surface area contributed by atoms with Crippen molar-refractivity contribution in [2.24, 2.45) is 0 Å². The maximum Gasteiger partial charge on any atom is 0.418 e. The monoisotopic (exact) mass is 355 g/mol. The number of carbonyl (C=O) groups is 1. The lowest BCUT2D eigenvalue weighted by Gasteiger charge is -2.13. The van der Waals surface area contributed by atoms with Crippen LogP contribution in [-0.4, -0.2) is 5.91 Å². The van der Waals surface area contributed by atoms with Crippen molar-refractivity contribution in [2.75, 3.05) is 5.32 Å². The van der Waals surface area contributed by atoms with Crippen LogP contribution >= 0.6 is 0 Å². The molecule has 1 amide bonds. The standard InChI is InChI=1S/C20H12F3NO2/c21-20(22,23)15-6-2-3-7-16(15)24-19(25)12-9-10-18-14(11-12)13-5-1-4-8-17(13)26-18/h1-11H,(H,24,25). The second-order valence-corrected chi connectivity index (χ2v) is 5.81. The first-order valence-corrected chi connectivity index (χ1v) is 7.82. The summed E-state index contributed by atoms with van der Waals surface area (Å²) in [6.07, 6.45) is -4.55. The fraction of sp³-hybridized carbons (Fsp3) is 0.0500. The molecule has 26 heavy (non-hydrogen) atoms. The van der Waals surface area contributed by atoms with Crippen molar-refractivity contribution in [1.82, 2.24) is 0 Å².